The summed E-state index contributed by atoms with van der Waals surface area (Å²) in [4.78, 5) is 0. The van der Waals surface area contributed by atoms with E-state index in [4.69, 9.17) is 37.9 Å². The largest absolute Gasteiger partial charge is 0.496 e. The van der Waals surface area contributed by atoms with Crippen molar-refractivity contribution in [2.45, 2.75) is 25.4 Å². The Morgan fingerprint density at radius 1 is 0.488 bits per heavy atom. The molecule has 2 bridgehead atoms. The second-order valence-corrected chi connectivity index (χ2v) is 9.52. The number of ether oxygens (including phenoxy) is 8. The fraction of sp³-hybridized carbons (Fsp3) is 0.455. The summed E-state index contributed by atoms with van der Waals surface area (Å²) in [5.74, 6) is 0.764. The third-order valence-electron chi connectivity index (χ3n) is 6.62. The summed E-state index contributed by atoms with van der Waals surface area (Å²) in [6.45, 7) is 5.39. The third kappa shape index (κ3) is 10.8. The van der Waals surface area contributed by atoms with Gasteiger partial charge in [0.25, 0.3) is 0 Å². The molecule has 0 aliphatic carbocycles. The lowest BCUT2D eigenvalue weighted by Gasteiger charge is -2.21. The first-order valence-electron chi connectivity index (χ1n) is 14.2. The van der Waals surface area contributed by atoms with Gasteiger partial charge in [-0.25, -0.2) is 0 Å². The Labute approximate surface area is 243 Å². The van der Waals surface area contributed by atoms with Crippen LogP contribution in [0.3, 0.4) is 0 Å². The number of fused-ring (bicyclic) bond motifs is 2. The van der Waals surface area contributed by atoms with Crippen molar-refractivity contribution in [1.29, 1.82) is 0 Å². The van der Waals surface area contributed by atoms with Crippen LogP contribution in [-0.4, -0.2) is 73.2 Å². The summed E-state index contributed by atoms with van der Waals surface area (Å²) in [5.41, 5.74) is 4.01. The molecule has 41 heavy (non-hydrogen) atoms. The normalized spacial score (nSPS) is 21.4. The molecule has 2 atom stereocenters. The molecular weight excluding hydrogens is 524 g/mol. The summed E-state index contributed by atoms with van der Waals surface area (Å²) in [7, 11) is 1.67. The lowest BCUT2D eigenvalue weighted by atomic mass is 10.1. The van der Waals surface area contributed by atoms with Crippen LogP contribution in [0.4, 0.5) is 0 Å². The molecule has 0 radical (unpaired) electrons. The van der Waals surface area contributed by atoms with E-state index in [0.717, 1.165) is 28.0 Å². The van der Waals surface area contributed by atoms with Gasteiger partial charge in [0, 0.05) is 11.1 Å². The Hall–Kier alpha value is -2.82. The molecule has 0 N–H and O–H groups in total. The van der Waals surface area contributed by atoms with Crippen LogP contribution in [0.1, 0.15) is 34.5 Å². The Bertz CT molecular complexity index is 1010. The van der Waals surface area contributed by atoms with Crippen molar-refractivity contribution in [3.05, 3.63) is 101 Å². The van der Waals surface area contributed by atoms with Crippen molar-refractivity contribution >= 4 is 0 Å². The van der Waals surface area contributed by atoms with E-state index < -0.39 is 0 Å². The first-order chi connectivity index (χ1) is 20.3. The molecule has 8 nitrogen and oxygen atoms in total. The van der Waals surface area contributed by atoms with Crippen molar-refractivity contribution in [3.8, 4) is 5.75 Å². The predicted octanol–water partition coefficient (Wildman–Crippen LogP) is 5.31. The number of hydrogen-bond acceptors (Lipinski definition) is 8. The van der Waals surface area contributed by atoms with Crippen molar-refractivity contribution in [2.24, 2.45) is 0 Å². The van der Waals surface area contributed by atoms with Gasteiger partial charge in [-0.05, 0) is 11.1 Å². The molecule has 1 heterocycles. The third-order valence-corrected chi connectivity index (χ3v) is 6.62. The van der Waals surface area contributed by atoms with Gasteiger partial charge in [-0.1, -0.05) is 78.9 Å². The Kier molecular flexibility index (Phi) is 14.1. The van der Waals surface area contributed by atoms with Gasteiger partial charge in [0.1, 0.15) is 18.0 Å². The minimum atomic E-state index is -0.217. The maximum atomic E-state index is 6.16. The average molecular weight is 567 g/mol. The maximum Gasteiger partial charge on any atom is 0.129 e. The minimum absolute atomic E-state index is 0.217. The molecule has 4 rings (SSSR count). The van der Waals surface area contributed by atoms with Crippen LogP contribution in [-0.2, 0) is 46.4 Å². The minimum Gasteiger partial charge on any atom is -0.496 e. The molecule has 1 aliphatic heterocycles. The van der Waals surface area contributed by atoms with E-state index in [2.05, 4.69) is 0 Å². The van der Waals surface area contributed by atoms with E-state index in [0.29, 0.717) is 79.3 Å². The molecule has 0 saturated heterocycles. The van der Waals surface area contributed by atoms with Crippen LogP contribution < -0.4 is 4.74 Å². The van der Waals surface area contributed by atoms with Gasteiger partial charge in [0.15, 0.2) is 0 Å². The monoisotopic (exact) mass is 566 g/mol. The van der Waals surface area contributed by atoms with Gasteiger partial charge in [-0.2, -0.15) is 0 Å². The molecule has 0 amide bonds. The van der Waals surface area contributed by atoms with Crippen LogP contribution in [0.15, 0.2) is 78.9 Å². The second-order valence-electron chi connectivity index (χ2n) is 9.52. The van der Waals surface area contributed by atoms with Crippen molar-refractivity contribution in [2.75, 3.05) is 73.2 Å². The maximum absolute atomic E-state index is 6.16. The van der Waals surface area contributed by atoms with E-state index >= 15 is 0 Å². The summed E-state index contributed by atoms with van der Waals surface area (Å²) < 4.78 is 47.4. The average Bonchev–Trinajstić information content (AvgIpc) is 3.02. The Morgan fingerprint density at radius 3 is 1.32 bits per heavy atom. The topological polar surface area (TPSA) is 73.8 Å². The number of para-hydroxylation sites is 1. The van der Waals surface area contributed by atoms with Crippen LogP contribution >= 0.6 is 0 Å². The lowest BCUT2D eigenvalue weighted by Crippen LogP contribution is -2.18. The predicted molar refractivity (Wildman–Crippen MR) is 155 cm³/mol. The van der Waals surface area contributed by atoms with Gasteiger partial charge in [-0.15, -0.1) is 0 Å². The summed E-state index contributed by atoms with van der Waals surface area (Å²) in [6, 6.07) is 26.2. The summed E-state index contributed by atoms with van der Waals surface area (Å²) in [5, 5.41) is 0. The summed E-state index contributed by atoms with van der Waals surface area (Å²) >= 11 is 0. The number of benzene rings is 3. The highest BCUT2D eigenvalue weighted by molar-refractivity contribution is 5.41. The zero-order chi connectivity index (χ0) is 28.4. The zero-order valence-electron chi connectivity index (χ0n) is 23.9. The Balaban J connectivity index is 1.42. The smallest absolute Gasteiger partial charge is 0.129 e. The first kappa shape index (κ1) is 31.1. The molecule has 8 heteroatoms. The lowest BCUT2D eigenvalue weighted by molar-refractivity contribution is -0.0571. The van der Waals surface area contributed by atoms with E-state index in [-0.39, 0.29) is 12.2 Å². The van der Waals surface area contributed by atoms with Gasteiger partial charge in [-0.3, -0.25) is 0 Å². The molecule has 1 unspecified atom stereocenters. The van der Waals surface area contributed by atoms with Crippen LogP contribution in [0.2, 0.25) is 0 Å². The molecule has 3 aromatic rings. The zero-order valence-corrected chi connectivity index (χ0v) is 23.9. The van der Waals surface area contributed by atoms with Crippen LogP contribution in [0.5, 0.6) is 5.75 Å². The molecule has 1 aliphatic rings. The molecule has 0 spiro atoms. The van der Waals surface area contributed by atoms with Gasteiger partial charge in [0.05, 0.1) is 86.4 Å². The van der Waals surface area contributed by atoms with E-state index in [9.17, 15) is 0 Å². The standard InChI is InChI=1S/C33H42O8/c1-34-33-29-13-8-14-30(33)24-39-26-32(28-11-6-3-7-12-28)41-22-20-37-18-16-35-15-17-36-19-21-40-31(25-38-23-29)27-9-4-2-5-10-27/h2-14,31-32H,15-26H2,1H3/t31-,32?/m1/s1. The van der Waals surface area contributed by atoms with Crippen LogP contribution in [0.25, 0.3) is 0 Å². The molecule has 0 saturated carbocycles. The van der Waals surface area contributed by atoms with Crippen molar-refractivity contribution in [1.82, 2.24) is 0 Å². The van der Waals surface area contributed by atoms with Gasteiger partial charge < -0.3 is 37.9 Å². The van der Waals surface area contributed by atoms with Gasteiger partial charge in [0.2, 0.25) is 0 Å². The number of hydrogen-bond donors (Lipinski definition) is 0. The van der Waals surface area contributed by atoms with Crippen molar-refractivity contribution in [3.63, 3.8) is 0 Å². The number of methoxy groups -OCH3 is 1. The molecule has 3 aromatic carbocycles. The summed E-state index contributed by atoms with van der Waals surface area (Å²) in [6.07, 6.45) is -0.433. The SMILES string of the molecule is COc1c2cccc1COC[C@H](c1ccccc1)OCCOCCOCCOCCOC(c1ccccc1)COC2. The highest BCUT2D eigenvalue weighted by Gasteiger charge is 2.16. The van der Waals surface area contributed by atoms with E-state index in [1.54, 1.807) is 7.11 Å². The highest BCUT2D eigenvalue weighted by atomic mass is 16.6. The second kappa shape index (κ2) is 18.6. The van der Waals surface area contributed by atoms with Crippen LogP contribution in [0, 0.1) is 0 Å². The fourth-order valence-electron chi connectivity index (χ4n) is 4.54. The van der Waals surface area contributed by atoms with Gasteiger partial charge >= 0.3 is 0 Å². The van der Waals surface area contributed by atoms with E-state index in [1.807, 2.05) is 78.9 Å². The first-order valence-corrected chi connectivity index (χ1v) is 14.2. The molecule has 0 aromatic heterocycles. The highest BCUT2D eigenvalue weighted by Crippen LogP contribution is 2.27. The fourth-order valence-corrected chi connectivity index (χ4v) is 4.54. The van der Waals surface area contributed by atoms with Crippen molar-refractivity contribution < 1.29 is 37.9 Å². The Morgan fingerprint density at radius 2 is 0.902 bits per heavy atom. The van der Waals surface area contributed by atoms with E-state index in [1.165, 1.54) is 0 Å². The molecular formula is C33H42O8. The molecule has 222 valence electrons. The number of rotatable bonds is 3. The molecule has 0 fully saturated rings. The quantitative estimate of drug-likeness (QED) is 0.423.